The minimum Gasteiger partial charge on any atom is -0.480 e. The van der Waals surface area contributed by atoms with Crippen molar-refractivity contribution in [3.05, 3.63) is 42.1 Å². The molecule has 1 heterocycles. The van der Waals surface area contributed by atoms with Gasteiger partial charge in [-0.15, -0.1) is 0 Å². The molecule has 19 heavy (non-hydrogen) atoms. The molecule has 0 aliphatic heterocycles. The van der Waals surface area contributed by atoms with Crippen molar-refractivity contribution in [2.24, 2.45) is 0 Å². The molecule has 1 amide bonds. The summed E-state index contributed by atoms with van der Waals surface area (Å²) in [5.41, 5.74) is 0.766. The zero-order valence-corrected chi connectivity index (χ0v) is 9.91. The minimum absolute atomic E-state index is 0.276. The zero-order chi connectivity index (χ0) is 13.8. The van der Waals surface area contributed by atoms with Crippen LogP contribution in [0.3, 0.4) is 0 Å². The summed E-state index contributed by atoms with van der Waals surface area (Å²) in [5, 5.41) is 20.7. The van der Waals surface area contributed by atoms with E-state index < -0.39 is 24.5 Å². The van der Waals surface area contributed by atoms with Crippen LogP contribution in [0.15, 0.2) is 36.5 Å². The standard InChI is InChI=1S/C13H12N2O4/c16-7-10(13(18)19)15-12(17)9-5-1-3-8-4-2-6-14-11(8)9/h1-6,10,16H,7H2,(H,15,17)(H,18,19)/t10-/m0/s1. The molecule has 0 bridgehead atoms. The van der Waals surface area contributed by atoms with E-state index in [9.17, 15) is 9.59 Å². The van der Waals surface area contributed by atoms with Gasteiger partial charge >= 0.3 is 5.97 Å². The van der Waals surface area contributed by atoms with Crippen molar-refractivity contribution < 1.29 is 19.8 Å². The SMILES string of the molecule is O=C(N[C@@H](CO)C(=O)O)c1cccc2cccnc12. The molecule has 0 saturated carbocycles. The van der Waals surface area contributed by atoms with Gasteiger partial charge in [-0.2, -0.15) is 0 Å². The van der Waals surface area contributed by atoms with Gasteiger partial charge in [0.2, 0.25) is 0 Å². The Morgan fingerprint density at radius 3 is 2.68 bits per heavy atom. The fourth-order valence-electron chi connectivity index (χ4n) is 1.71. The minimum atomic E-state index is -1.33. The zero-order valence-electron chi connectivity index (χ0n) is 9.91. The molecule has 0 aliphatic rings. The molecule has 2 aromatic rings. The van der Waals surface area contributed by atoms with Gasteiger partial charge in [0.1, 0.15) is 0 Å². The molecule has 0 unspecified atom stereocenters. The molecule has 0 spiro atoms. The lowest BCUT2D eigenvalue weighted by molar-refractivity contribution is -0.140. The van der Waals surface area contributed by atoms with Crippen molar-refractivity contribution >= 4 is 22.8 Å². The van der Waals surface area contributed by atoms with Crippen molar-refractivity contribution in [2.45, 2.75) is 6.04 Å². The van der Waals surface area contributed by atoms with Crippen LogP contribution in [0.1, 0.15) is 10.4 Å². The van der Waals surface area contributed by atoms with E-state index in [0.717, 1.165) is 5.39 Å². The number of carboxylic acid groups (broad SMARTS) is 1. The van der Waals surface area contributed by atoms with Crippen LogP contribution in [0.4, 0.5) is 0 Å². The number of hydrogen-bond acceptors (Lipinski definition) is 4. The lowest BCUT2D eigenvalue weighted by atomic mass is 10.1. The van der Waals surface area contributed by atoms with E-state index in [4.69, 9.17) is 10.2 Å². The van der Waals surface area contributed by atoms with E-state index in [1.54, 1.807) is 36.5 Å². The van der Waals surface area contributed by atoms with E-state index in [-0.39, 0.29) is 5.56 Å². The second kappa shape index (κ2) is 5.45. The first-order valence-electron chi connectivity index (χ1n) is 5.61. The monoisotopic (exact) mass is 260 g/mol. The van der Waals surface area contributed by atoms with Crippen molar-refractivity contribution in [1.82, 2.24) is 10.3 Å². The molecule has 0 aliphatic carbocycles. The Labute approximate surface area is 108 Å². The number of para-hydroxylation sites is 1. The van der Waals surface area contributed by atoms with E-state index in [0.29, 0.717) is 5.52 Å². The third-order valence-corrected chi connectivity index (χ3v) is 2.66. The van der Waals surface area contributed by atoms with Crippen molar-refractivity contribution in [3.8, 4) is 0 Å². The third-order valence-electron chi connectivity index (χ3n) is 2.66. The number of nitrogens with zero attached hydrogens (tertiary/aromatic N) is 1. The molecule has 0 saturated heterocycles. The summed E-state index contributed by atoms with van der Waals surface area (Å²) in [6, 6.07) is 7.28. The number of carbonyl (C=O) groups excluding carboxylic acids is 1. The number of hydrogen-bond donors (Lipinski definition) is 3. The Morgan fingerprint density at radius 2 is 2.00 bits per heavy atom. The smallest absolute Gasteiger partial charge is 0.328 e. The fourth-order valence-corrected chi connectivity index (χ4v) is 1.71. The Bertz CT molecular complexity index is 622. The highest BCUT2D eigenvalue weighted by atomic mass is 16.4. The van der Waals surface area contributed by atoms with Gasteiger partial charge in [-0.25, -0.2) is 4.79 Å². The van der Waals surface area contributed by atoms with E-state index in [1.807, 2.05) is 0 Å². The van der Waals surface area contributed by atoms with E-state index in [2.05, 4.69) is 10.3 Å². The number of aromatic nitrogens is 1. The van der Waals surface area contributed by atoms with Crippen LogP contribution in [0, 0.1) is 0 Å². The summed E-state index contributed by atoms with van der Waals surface area (Å²) in [5.74, 6) is -1.87. The predicted molar refractivity (Wildman–Crippen MR) is 67.7 cm³/mol. The molecule has 0 fully saturated rings. The molecule has 1 atom stereocenters. The maximum absolute atomic E-state index is 12.0. The van der Waals surface area contributed by atoms with Crippen LogP contribution in [-0.2, 0) is 4.79 Å². The number of pyridine rings is 1. The summed E-state index contributed by atoms with van der Waals surface area (Å²) in [7, 11) is 0. The van der Waals surface area contributed by atoms with Gasteiger partial charge in [-0.1, -0.05) is 18.2 Å². The van der Waals surface area contributed by atoms with Crippen molar-refractivity contribution in [1.29, 1.82) is 0 Å². The van der Waals surface area contributed by atoms with Crippen LogP contribution in [0.2, 0.25) is 0 Å². The number of amides is 1. The topological polar surface area (TPSA) is 99.5 Å². The first-order chi connectivity index (χ1) is 9.13. The van der Waals surface area contributed by atoms with Crippen LogP contribution < -0.4 is 5.32 Å². The first-order valence-corrected chi connectivity index (χ1v) is 5.61. The van der Waals surface area contributed by atoms with Gasteiger partial charge in [0, 0.05) is 11.6 Å². The maximum Gasteiger partial charge on any atom is 0.328 e. The number of nitrogens with one attached hydrogen (secondary N) is 1. The Balaban J connectivity index is 2.34. The van der Waals surface area contributed by atoms with Gasteiger partial charge in [-0.3, -0.25) is 9.78 Å². The Kier molecular flexibility index (Phi) is 3.72. The van der Waals surface area contributed by atoms with E-state index in [1.165, 1.54) is 0 Å². The average molecular weight is 260 g/mol. The Morgan fingerprint density at radius 1 is 1.26 bits per heavy atom. The van der Waals surface area contributed by atoms with E-state index >= 15 is 0 Å². The molecule has 98 valence electrons. The molecule has 0 radical (unpaired) electrons. The molecular weight excluding hydrogens is 248 g/mol. The van der Waals surface area contributed by atoms with Gasteiger partial charge in [0.15, 0.2) is 6.04 Å². The van der Waals surface area contributed by atoms with Crippen LogP contribution in [0.25, 0.3) is 10.9 Å². The largest absolute Gasteiger partial charge is 0.480 e. The van der Waals surface area contributed by atoms with Crippen LogP contribution >= 0.6 is 0 Å². The number of carbonyl (C=O) groups is 2. The molecule has 1 aromatic heterocycles. The molecule has 3 N–H and O–H groups in total. The first kappa shape index (κ1) is 13.0. The normalized spacial score (nSPS) is 12.1. The maximum atomic E-state index is 12.0. The average Bonchev–Trinajstić information content (AvgIpc) is 2.43. The lowest BCUT2D eigenvalue weighted by Gasteiger charge is -2.12. The molecule has 6 heteroatoms. The number of aliphatic hydroxyl groups excluding tert-OH is 1. The second-order valence-electron chi connectivity index (χ2n) is 3.93. The number of carboxylic acids is 1. The summed E-state index contributed by atoms with van der Waals surface area (Å²) in [6.07, 6.45) is 1.56. The molecule has 6 nitrogen and oxygen atoms in total. The molecule has 2 rings (SSSR count). The lowest BCUT2D eigenvalue weighted by Crippen LogP contribution is -2.43. The molecular formula is C13H12N2O4. The number of benzene rings is 1. The van der Waals surface area contributed by atoms with Gasteiger partial charge in [-0.05, 0) is 12.1 Å². The van der Waals surface area contributed by atoms with Gasteiger partial charge in [0.05, 0.1) is 17.7 Å². The van der Waals surface area contributed by atoms with Crippen molar-refractivity contribution in [2.75, 3.05) is 6.61 Å². The van der Waals surface area contributed by atoms with Gasteiger partial charge in [0.25, 0.3) is 5.91 Å². The number of aliphatic carboxylic acids is 1. The summed E-state index contributed by atoms with van der Waals surface area (Å²) < 4.78 is 0. The quantitative estimate of drug-likeness (QED) is 0.739. The number of fused-ring (bicyclic) bond motifs is 1. The number of rotatable bonds is 4. The highest BCUT2D eigenvalue weighted by Gasteiger charge is 2.20. The second-order valence-corrected chi connectivity index (χ2v) is 3.93. The summed E-state index contributed by atoms with van der Waals surface area (Å²) in [6.45, 7) is -0.667. The fraction of sp³-hybridized carbons (Fsp3) is 0.154. The third kappa shape index (κ3) is 2.69. The highest BCUT2D eigenvalue weighted by Crippen LogP contribution is 2.15. The Hall–Kier alpha value is -2.47. The predicted octanol–water partition coefficient (Wildman–Crippen LogP) is 0.410. The summed E-state index contributed by atoms with van der Waals surface area (Å²) in [4.78, 5) is 26.9. The van der Waals surface area contributed by atoms with Crippen LogP contribution in [-0.4, -0.2) is 39.7 Å². The number of aliphatic hydroxyl groups is 1. The van der Waals surface area contributed by atoms with Crippen molar-refractivity contribution in [3.63, 3.8) is 0 Å². The summed E-state index contributed by atoms with van der Waals surface area (Å²) >= 11 is 0. The molecule has 1 aromatic carbocycles. The highest BCUT2D eigenvalue weighted by molar-refractivity contribution is 6.06. The van der Waals surface area contributed by atoms with Gasteiger partial charge < -0.3 is 15.5 Å². The van der Waals surface area contributed by atoms with Crippen LogP contribution in [0.5, 0.6) is 0 Å².